The third-order valence-corrected chi connectivity index (χ3v) is 4.85. The van der Waals surface area contributed by atoms with E-state index in [-0.39, 0.29) is 24.8 Å². The third-order valence-electron chi connectivity index (χ3n) is 4.85. The molecule has 0 saturated carbocycles. The molecular formula is C21H20N4O3. The van der Waals surface area contributed by atoms with Crippen molar-refractivity contribution in [3.8, 4) is 0 Å². The van der Waals surface area contributed by atoms with E-state index in [1.807, 2.05) is 72.4 Å². The van der Waals surface area contributed by atoms with Gasteiger partial charge >= 0.3 is 6.03 Å². The van der Waals surface area contributed by atoms with Gasteiger partial charge in [-0.1, -0.05) is 30.3 Å². The fraction of sp³-hybridized carbons (Fsp3) is 0.190. The summed E-state index contributed by atoms with van der Waals surface area (Å²) < 4.78 is 2.00. The second-order valence-corrected chi connectivity index (χ2v) is 6.86. The van der Waals surface area contributed by atoms with Gasteiger partial charge in [-0.3, -0.25) is 14.5 Å². The first-order chi connectivity index (χ1) is 13.5. The Labute approximate surface area is 161 Å². The lowest BCUT2D eigenvalue weighted by Crippen LogP contribution is -2.34. The number of nitrogens with one attached hydrogen (secondary N) is 2. The summed E-state index contributed by atoms with van der Waals surface area (Å²) in [6.45, 7) is 0.189. The van der Waals surface area contributed by atoms with Crippen molar-refractivity contribution in [2.45, 2.75) is 19.0 Å². The maximum absolute atomic E-state index is 12.5. The highest BCUT2D eigenvalue weighted by molar-refractivity contribution is 6.07. The number of hydrogen-bond donors (Lipinski definition) is 2. The number of carbonyl (C=O) groups is 3. The monoisotopic (exact) mass is 376 g/mol. The van der Waals surface area contributed by atoms with E-state index in [9.17, 15) is 14.4 Å². The molecule has 2 N–H and O–H groups in total. The lowest BCUT2D eigenvalue weighted by atomic mass is 10.1. The molecule has 7 heteroatoms. The zero-order valence-electron chi connectivity index (χ0n) is 15.4. The molecule has 4 rings (SSSR count). The van der Waals surface area contributed by atoms with Crippen LogP contribution in [0.4, 0.5) is 10.5 Å². The molecule has 1 aliphatic heterocycles. The van der Waals surface area contributed by atoms with Gasteiger partial charge in [-0.05, 0) is 29.8 Å². The smallest absolute Gasteiger partial charge is 0.325 e. The maximum atomic E-state index is 12.5. The minimum atomic E-state index is -0.850. The van der Waals surface area contributed by atoms with Crippen molar-refractivity contribution in [1.82, 2.24) is 14.8 Å². The lowest BCUT2D eigenvalue weighted by Gasteiger charge is -2.13. The first kappa shape index (κ1) is 17.8. The Morgan fingerprint density at radius 1 is 1.11 bits per heavy atom. The van der Waals surface area contributed by atoms with Gasteiger partial charge in [-0.15, -0.1) is 0 Å². The summed E-state index contributed by atoms with van der Waals surface area (Å²) in [7, 11) is 1.95. The van der Waals surface area contributed by atoms with Crippen LogP contribution in [-0.2, 0) is 23.2 Å². The molecule has 1 aromatic heterocycles. The van der Waals surface area contributed by atoms with Crippen molar-refractivity contribution in [3.63, 3.8) is 0 Å². The fourth-order valence-electron chi connectivity index (χ4n) is 3.39. The van der Waals surface area contributed by atoms with E-state index in [4.69, 9.17) is 0 Å². The molecule has 1 saturated heterocycles. The number of hydrogen-bond acceptors (Lipinski definition) is 3. The topological polar surface area (TPSA) is 83.4 Å². The number of aromatic nitrogens is 1. The molecule has 142 valence electrons. The highest BCUT2D eigenvalue weighted by atomic mass is 16.2. The predicted molar refractivity (Wildman–Crippen MR) is 105 cm³/mol. The Hall–Kier alpha value is -3.61. The van der Waals surface area contributed by atoms with Crippen LogP contribution in [0, 0.1) is 0 Å². The molecule has 2 heterocycles. The van der Waals surface area contributed by atoms with Crippen LogP contribution in [0.5, 0.6) is 0 Å². The van der Waals surface area contributed by atoms with Crippen molar-refractivity contribution in [1.29, 1.82) is 0 Å². The largest absolute Gasteiger partial charge is 0.351 e. The summed E-state index contributed by atoms with van der Waals surface area (Å²) in [5, 5.41) is 6.41. The van der Waals surface area contributed by atoms with E-state index in [0.29, 0.717) is 5.69 Å². The van der Waals surface area contributed by atoms with Crippen molar-refractivity contribution >= 4 is 34.4 Å². The van der Waals surface area contributed by atoms with Gasteiger partial charge in [0.2, 0.25) is 5.91 Å². The van der Waals surface area contributed by atoms with Gasteiger partial charge in [-0.2, -0.15) is 0 Å². The summed E-state index contributed by atoms with van der Waals surface area (Å²) in [6.07, 6.45) is 1.84. The van der Waals surface area contributed by atoms with Crippen LogP contribution in [0.25, 0.3) is 10.9 Å². The summed E-state index contributed by atoms with van der Waals surface area (Å²) in [4.78, 5) is 38.2. The minimum Gasteiger partial charge on any atom is -0.351 e. The molecule has 3 aromatic rings. The van der Waals surface area contributed by atoms with E-state index in [1.54, 1.807) is 0 Å². The van der Waals surface area contributed by atoms with E-state index in [2.05, 4.69) is 10.6 Å². The zero-order chi connectivity index (χ0) is 19.7. The second kappa shape index (κ2) is 7.19. The molecule has 28 heavy (non-hydrogen) atoms. The van der Waals surface area contributed by atoms with E-state index < -0.39 is 12.1 Å². The summed E-state index contributed by atoms with van der Waals surface area (Å²) in [5.74, 6) is -0.710. The van der Waals surface area contributed by atoms with Crippen LogP contribution in [0.1, 0.15) is 12.0 Å². The van der Waals surface area contributed by atoms with E-state index in [0.717, 1.165) is 21.4 Å². The summed E-state index contributed by atoms with van der Waals surface area (Å²) >= 11 is 0. The average molecular weight is 376 g/mol. The Balaban J connectivity index is 1.39. The van der Waals surface area contributed by atoms with Gasteiger partial charge < -0.3 is 15.2 Å². The molecular weight excluding hydrogens is 356 g/mol. The van der Waals surface area contributed by atoms with Gasteiger partial charge in [0.25, 0.3) is 5.91 Å². The van der Waals surface area contributed by atoms with Gasteiger partial charge in [0, 0.05) is 29.8 Å². The van der Waals surface area contributed by atoms with Gasteiger partial charge in [0.1, 0.15) is 6.04 Å². The molecule has 0 bridgehead atoms. The molecule has 1 fully saturated rings. The number of amides is 4. The van der Waals surface area contributed by atoms with Crippen LogP contribution in [0.2, 0.25) is 0 Å². The van der Waals surface area contributed by atoms with Crippen molar-refractivity contribution in [2.75, 3.05) is 5.32 Å². The standard InChI is InChI=1S/C21H20N4O3/c1-24-10-9-15-11-16(7-8-18(15)24)22-19(26)12-17-20(27)25(21(28)23-17)13-14-5-3-2-4-6-14/h2-11,17H,12-13H2,1H3,(H,22,26)(H,23,28)/t17-/m1/s1. The number of anilines is 1. The van der Waals surface area contributed by atoms with Gasteiger partial charge in [0.15, 0.2) is 0 Å². The fourth-order valence-corrected chi connectivity index (χ4v) is 3.39. The summed E-state index contributed by atoms with van der Waals surface area (Å²) in [6, 6.07) is 15.5. The highest BCUT2D eigenvalue weighted by Crippen LogP contribution is 2.20. The molecule has 0 radical (unpaired) electrons. The number of rotatable bonds is 5. The number of benzene rings is 2. The normalized spacial score (nSPS) is 16.5. The van der Waals surface area contributed by atoms with Crippen molar-refractivity contribution in [3.05, 3.63) is 66.4 Å². The van der Waals surface area contributed by atoms with E-state index in [1.165, 1.54) is 0 Å². The number of aryl methyl sites for hydroxylation is 1. The first-order valence-electron chi connectivity index (χ1n) is 9.02. The van der Waals surface area contributed by atoms with Crippen LogP contribution in [-0.4, -0.2) is 33.4 Å². The Kier molecular flexibility index (Phi) is 4.57. The third kappa shape index (κ3) is 3.46. The molecule has 4 amide bonds. The van der Waals surface area contributed by atoms with Crippen LogP contribution < -0.4 is 10.6 Å². The number of nitrogens with zero attached hydrogens (tertiary/aromatic N) is 2. The minimum absolute atomic E-state index is 0.108. The molecule has 1 aliphatic rings. The molecule has 1 atom stereocenters. The average Bonchev–Trinajstić information content (AvgIpc) is 3.17. The van der Waals surface area contributed by atoms with Crippen molar-refractivity contribution in [2.24, 2.45) is 7.05 Å². The number of urea groups is 1. The number of imide groups is 1. The lowest BCUT2D eigenvalue weighted by molar-refractivity contribution is -0.130. The molecule has 2 aromatic carbocycles. The van der Waals surface area contributed by atoms with Crippen LogP contribution in [0.15, 0.2) is 60.8 Å². The summed E-state index contributed by atoms with van der Waals surface area (Å²) in [5.41, 5.74) is 2.57. The first-order valence-corrected chi connectivity index (χ1v) is 9.02. The maximum Gasteiger partial charge on any atom is 0.325 e. The molecule has 7 nitrogen and oxygen atoms in total. The number of carbonyl (C=O) groups excluding carboxylic acids is 3. The predicted octanol–water partition coefficient (Wildman–Crippen LogP) is 2.63. The van der Waals surface area contributed by atoms with Crippen LogP contribution >= 0.6 is 0 Å². The zero-order valence-corrected chi connectivity index (χ0v) is 15.4. The quantitative estimate of drug-likeness (QED) is 0.672. The Bertz CT molecular complexity index is 1060. The molecule has 0 aliphatic carbocycles. The Morgan fingerprint density at radius 2 is 1.89 bits per heavy atom. The highest BCUT2D eigenvalue weighted by Gasteiger charge is 2.38. The van der Waals surface area contributed by atoms with E-state index >= 15 is 0 Å². The van der Waals surface area contributed by atoms with Gasteiger partial charge in [0.05, 0.1) is 13.0 Å². The van der Waals surface area contributed by atoms with Crippen molar-refractivity contribution < 1.29 is 14.4 Å². The second-order valence-electron chi connectivity index (χ2n) is 6.86. The SMILES string of the molecule is Cn1ccc2cc(NC(=O)C[C@H]3NC(=O)N(Cc4ccccc4)C3=O)ccc21. The Morgan fingerprint density at radius 3 is 2.68 bits per heavy atom. The van der Waals surface area contributed by atoms with Gasteiger partial charge in [-0.25, -0.2) is 4.79 Å². The number of fused-ring (bicyclic) bond motifs is 1. The van der Waals surface area contributed by atoms with Crippen LogP contribution in [0.3, 0.4) is 0 Å². The molecule has 0 unspecified atom stereocenters. The molecule has 0 spiro atoms.